The standard InChI is InChI=1S/C44H34.C3H6/c1-43(2)35-21-13-11-19-29(35)31-23-25-33-38(28-17-9-6-10-18-28)40-34(37(39(33)41(31)43)27-15-7-5-8-16-27)26-24-32-30-20-12-14-22-36(30)44(3,4)42(32)40;1-3-2/h5-26H,1-4H3;3H,1H2,2H3. The van der Waals surface area contributed by atoms with Gasteiger partial charge in [-0.05, 0) is 95.2 Å². The average Bonchev–Trinajstić information content (AvgIpc) is 3.48. The van der Waals surface area contributed by atoms with E-state index in [4.69, 9.17) is 0 Å². The Hall–Kier alpha value is -5.20. The van der Waals surface area contributed by atoms with Crippen LogP contribution in [-0.2, 0) is 10.8 Å². The molecule has 0 heteroatoms. The van der Waals surface area contributed by atoms with Crippen LogP contribution in [0.1, 0.15) is 56.9 Å². The minimum atomic E-state index is -0.136. The van der Waals surface area contributed by atoms with E-state index in [2.05, 4.69) is 168 Å². The van der Waals surface area contributed by atoms with Gasteiger partial charge in [0.15, 0.2) is 0 Å². The van der Waals surface area contributed by atoms with Gasteiger partial charge in [-0.25, -0.2) is 0 Å². The molecule has 0 aromatic heterocycles. The molecule has 0 fully saturated rings. The normalized spacial score (nSPS) is 14.5. The van der Waals surface area contributed by atoms with E-state index in [-0.39, 0.29) is 10.8 Å². The van der Waals surface area contributed by atoms with Gasteiger partial charge in [-0.1, -0.05) is 167 Å². The Kier molecular flexibility index (Phi) is 6.64. The van der Waals surface area contributed by atoms with E-state index in [9.17, 15) is 0 Å². The van der Waals surface area contributed by atoms with E-state index in [1.807, 2.05) is 6.92 Å². The topological polar surface area (TPSA) is 0 Å². The van der Waals surface area contributed by atoms with Crippen LogP contribution >= 0.6 is 0 Å². The fourth-order valence-electron chi connectivity index (χ4n) is 8.76. The second kappa shape index (κ2) is 10.7. The van der Waals surface area contributed by atoms with E-state index in [1.165, 1.54) is 88.3 Å². The molecule has 0 atom stereocenters. The van der Waals surface area contributed by atoms with E-state index in [1.54, 1.807) is 6.08 Å². The first-order valence-electron chi connectivity index (χ1n) is 16.8. The molecule has 2 aliphatic rings. The maximum Gasteiger partial charge on any atom is 0.0165 e. The highest BCUT2D eigenvalue weighted by Gasteiger charge is 2.41. The maximum absolute atomic E-state index is 3.36. The summed E-state index contributed by atoms with van der Waals surface area (Å²) in [5, 5.41) is 5.44. The molecular weight excluding hydrogens is 565 g/mol. The zero-order valence-electron chi connectivity index (χ0n) is 28.0. The first kappa shape index (κ1) is 29.2. The molecule has 0 saturated carbocycles. The zero-order valence-corrected chi connectivity index (χ0v) is 28.0. The van der Waals surface area contributed by atoms with Crippen molar-refractivity contribution in [1.82, 2.24) is 0 Å². The second-order valence-electron chi connectivity index (χ2n) is 14.1. The highest BCUT2D eigenvalue weighted by molar-refractivity contribution is 6.25. The molecule has 7 aromatic carbocycles. The Bertz CT molecular complexity index is 2180. The highest BCUT2D eigenvalue weighted by atomic mass is 14.4. The molecule has 0 nitrogen and oxygen atoms in total. The quantitative estimate of drug-likeness (QED) is 0.136. The van der Waals surface area contributed by atoms with Crippen molar-refractivity contribution in [3.63, 3.8) is 0 Å². The Morgan fingerprint density at radius 2 is 0.766 bits per heavy atom. The first-order valence-corrected chi connectivity index (χ1v) is 16.8. The predicted octanol–water partition coefficient (Wildman–Crippen LogP) is 13.1. The molecule has 0 bridgehead atoms. The van der Waals surface area contributed by atoms with Crippen LogP contribution in [0.25, 0.3) is 66.1 Å². The van der Waals surface area contributed by atoms with Crippen LogP contribution in [0.15, 0.2) is 146 Å². The van der Waals surface area contributed by atoms with Gasteiger partial charge in [0, 0.05) is 10.8 Å². The summed E-state index contributed by atoms with van der Waals surface area (Å²) in [4.78, 5) is 0. The lowest BCUT2D eigenvalue weighted by atomic mass is 9.73. The van der Waals surface area contributed by atoms with Gasteiger partial charge in [0.1, 0.15) is 0 Å². The molecule has 2 aliphatic carbocycles. The lowest BCUT2D eigenvalue weighted by Crippen LogP contribution is -2.17. The van der Waals surface area contributed by atoms with Crippen LogP contribution in [0.2, 0.25) is 0 Å². The van der Waals surface area contributed by atoms with Crippen LogP contribution in [0.5, 0.6) is 0 Å². The van der Waals surface area contributed by atoms with Crippen molar-refractivity contribution >= 4 is 21.5 Å². The maximum atomic E-state index is 3.36. The molecule has 0 unspecified atom stereocenters. The number of allylic oxidation sites excluding steroid dienone is 1. The lowest BCUT2D eigenvalue weighted by molar-refractivity contribution is 0.665. The van der Waals surface area contributed by atoms with Gasteiger partial charge in [-0.3, -0.25) is 0 Å². The molecule has 0 radical (unpaired) electrons. The monoisotopic (exact) mass is 604 g/mol. The molecular formula is C47H40. The third kappa shape index (κ3) is 4.07. The van der Waals surface area contributed by atoms with Crippen molar-refractivity contribution in [2.75, 3.05) is 0 Å². The molecule has 47 heavy (non-hydrogen) atoms. The van der Waals surface area contributed by atoms with Crippen molar-refractivity contribution in [3.8, 4) is 44.5 Å². The van der Waals surface area contributed by atoms with Gasteiger partial charge in [-0.2, -0.15) is 0 Å². The molecule has 0 saturated heterocycles. The predicted molar refractivity (Wildman–Crippen MR) is 203 cm³/mol. The molecule has 0 spiro atoms. The molecule has 7 aromatic rings. The number of fused-ring (bicyclic) bond motifs is 10. The number of benzene rings is 7. The smallest absolute Gasteiger partial charge is 0.0165 e. The molecule has 228 valence electrons. The summed E-state index contributed by atoms with van der Waals surface area (Å²) >= 11 is 0. The lowest BCUT2D eigenvalue weighted by Gasteiger charge is -2.29. The van der Waals surface area contributed by atoms with Crippen LogP contribution in [-0.4, -0.2) is 0 Å². The fraction of sp³-hybridized carbons (Fsp3) is 0.149. The summed E-state index contributed by atoms with van der Waals surface area (Å²) in [6.07, 6.45) is 1.75. The first-order chi connectivity index (χ1) is 22.8. The largest absolute Gasteiger partial charge is 0.103 e. The Morgan fingerprint density at radius 3 is 1.15 bits per heavy atom. The SMILES string of the molecule is C=CC.CC1(C)c2ccccc2-c2ccc3c(-c4ccccc4)c4c5c(ccc4c(-c4ccccc4)c3c21)-c1ccccc1C5(C)C. The van der Waals surface area contributed by atoms with Crippen LogP contribution in [0.3, 0.4) is 0 Å². The summed E-state index contributed by atoms with van der Waals surface area (Å²) in [5.74, 6) is 0. The van der Waals surface area contributed by atoms with E-state index in [0.29, 0.717) is 0 Å². The molecule has 0 aliphatic heterocycles. The molecule has 0 N–H and O–H groups in total. The molecule has 0 heterocycles. The Labute approximate surface area is 279 Å². The van der Waals surface area contributed by atoms with Crippen molar-refractivity contribution in [1.29, 1.82) is 0 Å². The number of hydrogen-bond acceptors (Lipinski definition) is 0. The van der Waals surface area contributed by atoms with Gasteiger partial charge in [0.2, 0.25) is 0 Å². The third-order valence-electron chi connectivity index (χ3n) is 10.6. The fourth-order valence-corrected chi connectivity index (χ4v) is 8.76. The summed E-state index contributed by atoms with van der Waals surface area (Å²) in [6.45, 7) is 14.9. The Balaban J connectivity index is 0.00000104. The number of rotatable bonds is 2. The summed E-state index contributed by atoms with van der Waals surface area (Å²) in [7, 11) is 0. The Morgan fingerprint density at radius 1 is 0.426 bits per heavy atom. The molecule has 9 rings (SSSR count). The van der Waals surface area contributed by atoms with Crippen LogP contribution in [0.4, 0.5) is 0 Å². The second-order valence-corrected chi connectivity index (χ2v) is 14.1. The summed E-state index contributed by atoms with van der Waals surface area (Å²) in [5.41, 5.74) is 16.1. The highest BCUT2D eigenvalue weighted by Crippen LogP contribution is 2.59. The van der Waals surface area contributed by atoms with E-state index in [0.717, 1.165) is 0 Å². The summed E-state index contributed by atoms with van der Waals surface area (Å²) < 4.78 is 0. The van der Waals surface area contributed by atoms with E-state index < -0.39 is 0 Å². The van der Waals surface area contributed by atoms with Crippen LogP contribution in [0, 0.1) is 0 Å². The van der Waals surface area contributed by atoms with Crippen molar-refractivity contribution in [2.24, 2.45) is 0 Å². The average molecular weight is 605 g/mol. The van der Waals surface area contributed by atoms with Crippen molar-refractivity contribution < 1.29 is 0 Å². The van der Waals surface area contributed by atoms with Gasteiger partial charge >= 0.3 is 0 Å². The van der Waals surface area contributed by atoms with Gasteiger partial charge in [-0.15, -0.1) is 6.58 Å². The van der Waals surface area contributed by atoms with Crippen molar-refractivity contribution in [2.45, 2.75) is 45.4 Å². The minimum Gasteiger partial charge on any atom is -0.103 e. The van der Waals surface area contributed by atoms with Gasteiger partial charge in [0.25, 0.3) is 0 Å². The van der Waals surface area contributed by atoms with Gasteiger partial charge in [0.05, 0.1) is 0 Å². The summed E-state index contributed by atoms with van der Waals surface area (Å²) in [6, 6.07) is 49.9. The van der Waals surface area contributed by atoms with Crippen LogP contribution < -0.4 is 0 Å². The number of hydrogen-bond donors (Lipinski definition) is 0. The minimum absolute atomic E-state index is 0.136. The van der Waals surface area contributed by atoms with E-state index >= 15 is 0 Å². The third-order valence-corrected chi connectivity index (χ3v) is 10.6. The van der Waals surface area contributed by atoms with Crippen molar-refractivity contribution in [3.05, 3.63) is 168 Å². The molecule has 0 amide bonds. The zero-order chi connectivity index (χ0) is 32.5. The van der Waals surface area contributed by atoms with Gasteiger partial charge < -0.3 is 0 Å².